The van der Waals surface area contributed by atoms with Gasteiger partial charge in [-0.15, -0.1) is 0 Å². The third-order valence-electron chi connectivity index (χ3n) is 5.44. The summed E-state index contributed by atoms with van der Waals surface area (Å²) in [5.41, 5.74) is 1.64. The Morgan fingerprint density at radius 2 is 1.56 bits per heavy atom. The molecule has 1 aliphatic heterocycles. The minimum Gasteiger partial charge on any atom is -0.326 e. The molecule has 1 aliphatic rings. The number of nitrogens with zero attached hydrogens (tertiary/aromatic N) is 1. The van der Waals surface area contributed by atoms with Gasteiger partial charge in [-0.2, -0.15) is 0 Å². The second-order valence-electron chi connectivity index (χ2n) is 7.91. The normalized spacial score (nSPS) is 16.8. The van der Waals surface area contributed by atoms with Gasteiger partial charge in [0.05, 0.1) is 15.8 Å². The summed E-state index contributed by atoms with van der Waals surface area (Å²) < 4.78 is 27.0. The van der Waals surface area contributed by atoms with Crippen LogP contribution in [0.3, 0.4) is 0 Å². The predicted octanol–water partition coefficient (Wildman–Crippen LogP) is 3.54. The fourth-order valence-electron chi connectivity index (χ4n) is 3.95. The fourth-order valence-corrected chi connectivity index (χ4v) is 5.87. The number of hydrogen-bond acceptors (Lipinski definition) is 5. The fraction of sp³-hybridized carbons (Fsp3) is 0.160. The second kappa shape index (κ2) is 9.48. The Morgan fingerprint density at radius 3 is 2.26 bits per heavy atom. The first-order chi connectivity index (χ1) is 16.3. The molecule has 0 aromatic heterocycles. The summed E-state index contributed by atoms with van der Waals surface area (Å²) in [6.07, 6.45) is -0.285. The highest BCUT2D eigenvalue weighted by Gasteiger charge is 2.39. The molecule has 2 N–H and O–H groups in total. The summed E-state index contributed by atoms with van der Waals surface area (Å²) in [4.78, 5) is 38.6. The molecule has 8 nitrogen and oxygen atoms in total. The molecule has 0 radical (unpaired) electrons. The summed E-state index contributed by atoms with van der Waals surface area (Å²) in [5.74, 6) is -1.22. The van der Waals surface area contributed by atoms with Gasteiger partial charge in [-0.1, -0.05) is 48.5 Å². The standard InChI is InChI=1S/C25H23N3O5S/c1-17(29)26-19-10-7-11-20(14-19)27-24(30)16-28-21-12-5-6-13-22(21)34(32,33)23(15-25(28)31)18-8-3-2-4-9-18/h2-14,23H,15-16H2,1H3,(H,26,29)(H,27,30). The number of carbonyl (C=O) groups is 3. The molecule has 0 aliphatic carbocycles. The predicted molar refractivity (Wildman–Crippen MR) is 129 cm³/mol. The molecule has 1 atom stereocenters. The number of hydrogen-bond donors (Lipinski definition) is 2. The Kier molecular flexibility index (Phi) is 6.47. The average molecular weight is 478 g/mol. The van der Waals surface area contributed by atoms with Crippen molar-refractivity contribution in [2.24, 2.45) is 0 Å². The quantitative estimate of drug-likeness (QED) is 0.584. The maximum atomic E-state index is 13.5. The van der Waals surface area contributed by atoms with Crippen LogP contribution >= 0.6 is 0 Å². The number of sulfone groups is 1. The van der Waals surface area contributed by atoms with Gasteiger partial charge < -0.3 is 15.5 Å². The van der Waals surface area contributed by atoms with Crippen molar-refractivity contribution in [2.45, 2.75) is 23.5 Å². The van der Waals surface area contributed by atoms with Crippen molar-refractivity contribution in [3.8, 4) is 0 Å². The van der Waals surface area contributed by atoms with Crippen LogP contribution < -0.4 is 15.5 Å². The molecule has 0 bridgehead atoms. The van der Waals surface area contributed by atoms with Gasteiger partial charge in [-0.3, -0.25) is 14.4 Å². The average Bonchev–Trinajstić information content (AvgIpc) is 2.88. The first-order valence-corrected chi connectivity index (χ1v) is 12.2. The monoisotopic (exact) mass is 477 g/mol. The van der Waals surface area contributed by atoms with E-state index >= 15 is 0 Å². The molecular formula is C25H23N3O5S. The van der Waals surface area contributed by atoms with Crippen LogP contribution in [0.2, 0.25) is 0 Å². The molecule has 3 aromatic rings. The Labute approximate surface area is 197 Å². The molecule has 3 aromatic carbocycles. The number of nitrogens with one attached hydrogen (secondary N) is 2. The molecule has 1 heterocycles. The SMILES string of the molecule is CC(=O)Nc1cccc(NC(=O)CN2C(=O)CC(c3ccccc3)S(=O)(=O)c3ccccc32)c1. The van der Waals surface area contributed by atoms with Crippen molar-refractivity contribution in [1.82, 2.24) is 0 Å². The molecule has 174 valence electrons. The van der Waals surface area contributed by atoms with E-state index in [9.17, 15) is 22.8 Å². The van der Waals surface area contributed by atoms with E-state index in [1.807, 2.05) is 0 Å². The maximum Gasteiger partial charge on any atom is 0.244 e. The molecular weight excluding hydrogens is 454 g/mol. The van der Waals surface area contributed by atoms with Crippen molar-refractivity contribution in [3.05, 3.63) is 84.4 Å². The zero-order valence-corrected chi connectivity index (χ0v) is 19.2. The van der Waals surface area contributed by atoms with Crippen LogP contribution in [0.4, 0.5) is 17.1 Å². The highest BCUT2D eigenvalue weighted by molar-refractivity contribution is 7.92. The summed E-state index contributed by atoms with van der Waals surface area (Å²) in [6.45, 7) is 1.02. The smallest absolute Gasteiger partial charge is 0.244 e. The molecule has 0 saturated carbocycles. The third kappa shape index (κ3) is 4.84. The second-order valence-corrected chi connectivity index (χ2v) is 10.0. The van der Waals surface area contributed by atoms with Crippen LogP contribution in [0.15, 0.2) is 83.8 Å². The van der Waals surface area contributed by atoms with Crippen LogP contribution in [0.5, 0.6) is 0 Å². The van der Waals surface area contributed by atoms with Gasteiger partial charge in [-0.25, -0.2) is 8.42 Å². The van der Waals surface area contributed by atoms with Gasteiger partial charge in [0.1, 0.15) is 6.54 Å². The van der Waals surface area contributed by atoms with Crippen molar-refractivity contribution < 1.29 is 22.8 Å². The van der Waals surface area contributed by atoms with Crippen molar-refractivity contribution in [3.63, 3.8) is 0 Å². The van der Waals surface area contributed by atoms with E-state index in [1.165, 1.54) is 24.0 Å². The van der Waals surface area contributed by atoms with E-state index in [-0.39, 0.29) is 29.5 Å². The lowest BCUT2D eigenvalue weighted by molar-refractivity contribution is -0.121. The van der Waals surface area contributed by atoms with E-state index in [0.29, 0.717) is 16.9 Å². The molecule has 3 amide bonds. The van der Waals surface area contributed by atoms with Gasteiger partial charge in [0.15, 0.2) is 9.84 Å². The van der Waals surface area contributed by atoms with E-state index in [1.54, 1.807) is 66.7 Å². The number of fused-ring (bicyclic) bond motifs is 1. The van der Waals surface area contributed by atoms with Gasteiger partial charge in [0, 0.05) is 24.7 Å². The van der Waals surface area contributed by atoms with Crippen LogP contribution in [-0.2, 0) is 24.2 Å². The Balaban J connectivity index is 1.63. The highest BCUT2D eigenvalue weighted by atomic mass is 32.2. The first kappa shape index (κ1) is 23.2. The number of carbonyl (C=O) groups excluding carboxylic acids is 3. The van der Waals surface area contributed by atoms with Crippen molar-refractivity contribution >= 4 is 44.6 Å². The topological polar surface area (TPSA) is 113 Å². The lowest BCUT2D eigenvalue weighted by Crippen LogP contribution is -2.38. The summed E-state index contributed by atoms with van der Waals surface area (Å²) in [6, 6.07) is 21.4. The number of anilines is 3. The number of benzene rings is 3. The first-order valence-electron chi connectivity index (χ1n) is 10.6. The van der Waals surface area contributed by atoms with Crippen molar-refractivity contribution in [2.75, 3.05) is 22.1 Å². The highest BCUT2D eigenvalue weighted by Crippen LogP contribution is 2.40. The molecule has 34 heavy (non-hydrogen) atoms. The zero-order chi connectivity index (χ0) is 24.3. The maximum absolute atomic E-state index is 13.5. The molecule has 9 heteroatoms. The van der Waals surface area contributed by atoms with Crippen LogP contribution in [-0.4, -0.2) is 32.7 Å². The molecule has 1 unspecified atom stereocenters. The van der Waals surface area contributed by atoms with E-state index in [2.05, 4.69) is 10.6 Å². The minimum absolute atomic E-state index is 0.00941. The molecule has 0 fully saturated rings. The summed E-state index contributed by atoms with van der Waals surface area (Å²) in [7, 11) is -3.88. The Hall–Kier alpha value is -3.98. The van der Waals surface area contributed by atoms with Gasteiger partial charge in [0.25, 0.3) is 0 Å². The van der Waals surface area contributed by atoms with Crippen LogP contribution in [0, 0.1) is 0 Å². The van der Waals surface area contributed by atoms with E-state index < -0.39 is 26.9 Å². The van der Waals surface area contributed by atoms with Gasteiger partial charge >= 0.3 is 0 Å². The van der Waals surface area contributed by atoms with E-state index in [0.717, 1.165) is 0 Å². The van der Waals surface area contributed by atoms with Crippen LogP contribution in [0.25, 0.3) is 0 Å². The Bertz CT molecular complexity index is 1360. The summed E-state index contributed by atoms with van der Waals surface area (Å²) >= 11 is 0. The lowest BCUT2D eigenvalue weighted by Gasteiger charge is -2.22. The lowest BCUT2D eigenvalue weighted by atomic mass is 10.1. The van der Waals surface area contributed by atoms with Gasteiger partial charge in [0.2, 0.25) is 17.7 Å². The largest absolute Gasteiger partial charge is 0.326 e. The number of para-hydroxylation sites is 1. The molecule has 0 saturated heterocycles. The molecule has 4 rings (SSSR count). The molecule has 0 spiro atoms. The van der Waals surface area contributed by atoms with Crippen LogP contribution in [0.1, 0.15) is 24.2 Å². The zero-order valence-electron chi connectivity index (χ0n) is 18.4. The number of amides is 3. The minimum atomic E-state index is -3.88. The summed E-state index contributed by atoms with van der Waals surface area (Å²) in [5, 5.41) is 4.29. The Morgan fingerprint density at radius 1 is 0.912 bits per heavy atom. The third-order valence-corrected chi connectivity index (χ3v) is 7.58. The van der Waals surface area contributed by atoms with Crippen molar-refractivity contribution in [1.29, 1.82) is 0 Å². The number of rotatable bonds is 5. The van der Waals surface area contributed by atoms with E-state index in [4.69, 9.17) is 0 Å². The van der Waals surface area contributed by atoms with Gasteiger partial charge in [-0.05, 0) is 35.9 Å².